The number of guanidine groups is 1. The molecule has 3 N–H and O–H groups in total. The first-order chi connectivity index (χ1) is 13.1. The van der Waals surface area contributed by atoms with Crippen LogP contribution in [0.4, 0.5) is 0 Å². The van der Waals surface area contributed by atoms with Crippen LogP contribution in [0.1, 0.15) is 32.8 Å². The fraction of sp³-hybridized carbons (Fsp3) is 0.524. The molecular weight excluding hydrogens is 465 g/mol. The summed E-state index contributed by atoms with van der Waals surface area (Å²) < 4.78 is 0. The number of H-pyrrole nitrogens is 1. The van der Waals surface area contributed by atoms with Crippen molar-refractivity contribution in [1.29, 1.82) is 0 Å². The van der Waals surface area contributed by atoms with Crippen molar-refractivity contribution in [2.45, 2.75) is 39.7 Å². The monoisotopic (exact) mass is 497 g/mol. The van der Waals surface area contributed by atoms with Crippen LogP contribution in [0.3, 0.4) is 0 Å². The molecule has 6 nitrogen and oxygen atoms in total. The van der Waals surface area contributed by atoms with Gasteiger partial charge in [0.1, 0.15) is 0 Å². The Morgan fingerprint density at radius 3 is 2.89 bits per heavy atom. The molecule has 1 unspecified atom stereocenters. The zero-order chi connectivity index (χ0) is 19.2. The molecule has 1 amide bonds. The Balaban J connectivity index is 0.00000280. The van der Waals surface area contributed by atoms with Crippen molar-refractivity contribution >= 4 is 46.7 Å². The standard InChI is InChI=1S/C21H31N5O.HI/c1-4-22-21(25-17-10-12-26(14-17)20(27)15(2)3)23-11-9-16-13-24-19-8-6-5-7-18(16)19;/h5-8,13,15,17,24H,4,9-12,14H2,1-3H3,(H2,22,23,25);1H. The summed E-state index contributed by atoms with van der Waals surface area (Å²) in [4.78, 5) is 22.2. The third-order valence-corrected chi connectivity index (χ3v) is 5.00. The lowest BCUT2D eigenvalue weighted by Gasteiger charge is -2.20. The van der Waals surface area contributed by atoms with E-state index in [1.54, 1.807) is 0 Å². The second-order valence-corrected chi connectivity index (χ2v) is 7.44. The molecule has 0 spiro atoms. The average molecular weight is 497 g/mol. The molecule has 1 aromatic heterocycles. The number of hydrogen-bond donors (Lipinski definition) is 3. The van der Waals surface area contributed by atoms with E-state index in [-0.39, 0.29) is 41.8 Å². The summed E-state index contributed by atoms with van der Waals surface area (Å²) in [5.74, 6) is 1.13. The van der Waals surface area contributed by atoms with Gasteiger partial charge in [0, 0.05) is 55.2 Å². The summed E-state index contributed by atoms with van der Waals surface area (Å²) in [5, 5.41) is 8.08. The van der Waals surface area contributed by atoms with Crippen LogP contribution in [0.25, 0.3) is 10.9 Å². The fourth-order valence-corrected chi connectivity index (χ4v) is 3.58. The average Bonchev–Trinajstić information content (AvgIpc) is 3.28. The summed E-state index contributed by atoms with van der Waals surface area (Å²) in [6.45, 7) is 9.10. The highest BCUT2D eigenvalue weighted by Crippen LogP contribution is 2.18. The maximum Gasteiger partial charge on any atom is 0.225 e. The first-order valence-corrected chi connectivity index (χ1v) is 9.97. The Morgan fingerprint density at radius 2 is 2.14 bits per heavy atom. The van der Waals surface area contributed by atoms with Crippen molar-refractivity contribution in [3.05, 3.63) is 36.0 Å². The van der Waals surface area contributed by atoms with E-state index in [4.69, 9.17) is 4.99 Å². The van der Waals surface area contributed by atoms with Crippen molar-refractivity contribution in [2.75, 3.05) is 26.2 Å². The Labute approximate surface area is 184 Å². The van der Waals surface area contributed by atoms with Gasteiger partial charge in [-0.2, -0.15) is 0 Å². The van der Waals surface area contributed by atoms with E-state index in [0.29, 0.717) is 0 Å². The van der Waals surface area contributed by atoms with Crippen LogP contribution in [0.15, 0.2) is 35.5 Å². The summed E-state index contributed by atoms with van der Waals surface area (Å²) >= 11 is 0. The topological polar surface area (TPSA) is 72.5 Å². The molecule has 1 atom stereocenters. The number of carbonyl (C=O) groups excluding carboxylic acids is 1. The van der Waals surface area contributed by atoms with Crippen molar-refractivity contribution in [3.8, 4) is 0 Å². The predicted octanol–water partition coefficient (Wildman–Crippen LogP) is 3.14. The van der Waals surface area contributed by atoms with E-state index in [1.165, 1.54) is 16.5 Å². The van der Waals surface area contributed by atoms with Gasteiger partial charge in [-0.15, -0.1) is 24.0 Å². The number of aromatic amines is 1. The normalized spacial score (nSPS) is 17.1. The van der Waals surface area contributed by atoms with Crippen LogP contribution in [-0.2, 0) is 11.2 Å². The number of carbonyl (C=O) groups is 1. The highest BCUT2D eigenvalue weighted by molar-refractivity contribution is 14.0. The number of halogens is 1. The molecule has 0 bridgehead atoms. The number of para-hydroxylation sites is 1. The Bertz CT molecular complexity index is 801. The van der Waals surface area contributed by atoms with Crippen molar-refractivity contribution in [2.24, 2.45) is 10.9 Å². The van der Waals surface area contributed by atoms with E-state index in [9.17, 15) is 4.79 Å². The number of aliphatic imine (C=N–C) groups is 1. The first kappa shape index (κ1) is 22.5. The van der Waals surface area contributed by atoms with Crippen LogP contribution in [-0.4, -0.2) is 54.0 Å². The molecule has 1 fully saturated rings. The lowest BCUT2D eigenvalue weighted by atomic mass is 10.1. The van der Waals surface area contributed by atoms with Crippen LogP contribution in [0.5, 0.6) is 0 Å². The smallest absolute Gasteiger partial charge is 0.225 e. The number of nitrogens with one attached hydrogen (secondary N) is 3. The SMILES string of the molecule is CCNC(=NCCc1c[nH]c2ccccc12)NC1CCN(C(=O)C(C)C)C1.I. The zero-order valence-corrected chi connectivity index (χ0v) is 19.3. The number of hydrogen-bond acceptors (Lipinski definition) is 2. The van der Waals surface area contributed by atoms with E-state index in [1.807, 2.05) is 24.8 Å². The minimum Gasteiger partial charge on any atom is -0.361 e. The van der Waals surface area contributed by atoms with Crippen molar-refractivity contribution in [1.82, 2.24) is 20.5 Å². The first-order valence-electron chi connectivity index (χ1n) is 9.97. The molecule has 0 radical (unpaired) electrons. The van der Waals surface area contributed by atoms with E-state index < -0.39 is 0 Å². The molecule has 154 valence electrons. The fourth-order valence-electron chi connectivity index (χ4n) is 3.58. The summed E-state index contributed by atoms with van der Waals surface area (Å²) in [6, 6.07) is 8.62. The van der Waals surface area contributed by atoms with E-state index in [2.05, 4.69) is 46.9 Å². The van der Waals surface area contributed by atoms with Gasteiger partial charge in [0.15, 0.2) is 5.96 Å². The number of amides is 1. The number of benzene rings is 1. The lowest BCUT2D eigenvalue weighted by molar-refractivity contribution is -0.133. The molecule has 2 aromatic rings. The Hall–Kier alpha value is -1.77. The van der Waals surface area contributed by atoms with Gasteiger partial charge in [-0.1, -0.05) is 32.0 Å². The molecule has 1 aliphatic heterocycles. The molecule has 1 aromatic carbocycles. The molecular formula is C21H32IN5O. The van der Waals surface area contributed by atoms with Gasteiger partial charge in [-0.25, -0.2) is 0 Å². The Morgan fingerprint density at radius 1 is 1.36 bits per heavy atom. The molecule has 0 saturated carbocycles. The van der Waals surface area contributed by atoms with Gasteiger partial charge >= 0.3 is 0 Å². The van der Waals surface area contributed by atoms with Gasteiger partial charge in [-0.3, -0.25) is 9.79 Å². The number of fused-ring (bicyclic) bond motifs is 1. The van der Waals surface area contributed by atoms with Crippen LogP contribution in [0, 0.1) is 5.92 Å². The molecule has 28 heavy (non-hydrogen) atoms. The largest absolute Gasteiger partial charge is 0.361 e. The number of likely N-dealkylation sites (tertiary alicyclic amines) is 1. The van der Waals surface area contributed by atoms with Crippen molar-refractivity contribution < 1.29 is 4.79 Å². The molecule has 7 heteroatoms. The summed E-state index contributed by atoms with van der Waals surface area (Å²) in [6.07, 6.45) is 3.93. The maximum absolute atomic E-state index is 12.2. The van der Waals surface area contributed by atoms with Crippen molar-refractivity contribution in [3.63, 3.8) is 0 Å². The van der Waals surface area contributed by atoms with Gasteiger partial charge < -0.3 is 20.5 Å². The molecule has 1 aliphatic rings. The minimum absolute atomic E-state index is 0. The summed E-state index contributed by atoms with van der Waals surface area (Å²) in [7, 11) is 0. The van der Waals surface area contributed by atoms with Gasteiger partial charge in [0.2, 0.25) is 5.91 Å². The highest BCUT2D eigenvalue weighted by Gasteiger charge is 2.27. The third-order valence-electron chi connectivity index (χ3n) is 5.00. The van der Waals surface area contributed by atoms with E-state index in [0.717, 1.165) is 45.0 Å². The van der Waals surface area contributed by atoms with Crippen LogP contribution in [0.2, 0.25) is 0 Å². The number of rotatable bonds is 6. The number of nitrogens with zero attached hydrogens (tertiary/aromatic N) is 2. The predicted molar refractivity (Wildman–Crippen MR) is 126 cm³/mol. The maximum atomic E-state index is 12.2. The van der Waals surface area contributed by atoms with Gasteiger partial charge in [0.05, 0.1) is 0 Å². The van der Waals surface area contributed by atoms with Gasteiger partial charge in [-0.05, 0) is 31.4 Å². The number of aromatic nitrogens is 1. The quantitative estimate of drug-likeness (QED) is 0.326. The minimum atomic E-state index is 0. The van der Waals surface area contributed by atoms with Crippen LogP contribution < -0.4 is 10.6 Å². The highest BCUT2D eigenvalue weighted by atomic mass is 127. The lowest BCUT2D eigenvalue weighted by Crippen LogP contribution is -2.45. The van der Waals surface area contributed by atoms with E-state index >= 15 is 0 Å². The van der Waals surface area contributed by atoms with Crippen LogP contribution >= 0.6 is 24.0 Å². The summed E-state index contributed by atoms with van der Waals surface area (Å²) in [5.41, 5.74) is 2.46. The van der Waals surface area contributed by atoms with Gasteiger partial charge in [0.25, 0.3) is 0 Å². The molecule has 0 aliphatic carbocycles. The third kappa shape index (κ3) is 5.62. The molecule has 3 rings (SSSR count). The molecule has 2 heterocycles. The molecule has 1 saturated heterocycles. The Kier molecular flexibility index (Phi) is 8.59. The second-order valence-electron chi connectivity index (χ2n) is 7.44. The zero-order valence-electron chi connectivity index (χ0n) is 17.0. The second kappa shape index (κ2) is 10.7.